The van der Waals surface area contributed by atoms with Crippen molar-refractivity contribution in [3.63, 3.8) is 0 Å². The number of rotatable bonds is 7. The van der Waals surface area contributed by atoms with Crippen molar-refractivity contribution in [1.29, 1.82) is 0 Å². The van der Waals surface area contributed by atoms with Gasteiger partial charge in [0.25, 0.3) is 0 Å². The molecule has 2 aromatic rings. The fourth-order valence-electron chi connectivity index (χ4n) is 1.86. The maximum Gasteiger partial charge on any atom is 0.188 e. The second kappa shape index (κ2) is 7.61. The van der Waals surface area contributed by atoms with Crippen LogP contribution in [0.1, 0.15) is 0 Å². The average Bonchev–Trinajstić information content (AvgIpc) is 2.52. The molecule has 0 aliphatic heterocycles. The highest BCUT2D eigenvalue weighted by Gasteiger charge is 2.12. The van der Waals surface area contributed by atoms with Gasteiger partial charge in [-0.3, -0.25) is 0 Å². The molecule has 0 amide bonds. The molecule has 5 heteroatoms. The third-order valence-corrected chi connectivity index (χ3v) is 2.79. The first kappa shape index (κ1) is 15.3. The molecule has 0 aliphatic carbocycles. The molecule has 4 nitrogen and oxygen atoms in total. The molecule has 0 spiro atoms. The van der Waals surface area contributed by atoms with Crippen molar-refractivity contribution in [3.05, 3.63) is 48.3 Å². The molecule has 0 atom stereocenters. The number of para-hydroxylation sites is 1. The lowest BCUT2D eigenvalue weighted by Crippen LogP contribution is -2.01. The van der Waals surface area contributed by atoms with E-state index in [9.17, 15) is 4.39 Å². The summed E-state index contributed by atoms with van der Waals surface area (Å²) in [6.07, 6.45) is 0. The van der Waals surface area contributed by atoms with Crippen molar-refractivity contribution in [3.8, 4) is 22.6 Å². The summed E-state index contributed by atoms with van der Waals surface area (Å²) in [6.45, 7) is 0.200. The summed E-state index contributed by atoms with van der Waals surface area (Å²) >= 11 is 0. The van der Waals surface area contributed by atoms with Crippen LogP contribution in [0.15, 0.2) is 42.5 Å². The molecule has 2 rings (SSSR count). The van der Waals surface area contributed by atoms with E-state index in [1.165, 1.54) is 20.3 Å². The molecular weight excluding hydrogens is 275 g/mol. The van der Waals surface area contributed by atoms with Crippen LogP contribution in [0.5, 0.6) is 11.5 Å². The molecule has 0 fully saturated rings. The molecule has 112 valence electrons. The molecule has 0 unspecified atom stereocenters. The Morgan fingerprint density at radius 2 is 1.57 bits per heavy atom. The van der Waals surface area contributed by atoms with Crippen LogP contribution in [0.4, 0.5) is 4.39 Å². The van der Waals surface area contributed by atoms with E-state index >= 15 is 0 Å². The van der Waals surface area contributed by atoms with E-state index in [1.54, 1.807) is 24.3 Å². The van der Waals surface area contributed by atoms with Gasteiger partial charge in [0.2, 0.25) is 0 Å². The number of hydrogen-bond donors (Lipinski definition) is 0. The minimum Gasteiger partial charge on any atom is -0.468 e. The van der Waals surface area contributed by atoms with Gasteiger partial charge in [0, 0.05) is 25.3 Å². The number of benzene rings is 2. The quantitative estimate of drug-likeness (QED) is 0.732. The molecule has 0 N–H and O–H groups in total. The summed E-state index contributed by atoms with van der Waals surface area (Å²) in [7, 11) is 3.06. The van der Waals surface area contributed by atoms with Gasteiger partial charge in [-0.15, -0.1) is 0 Å². The maximum absolute atomic E-state index is 14.1. The Balaban J connectivity index is 2.36. The van der Waals surface area contributed by atoms with Crippen LogP contribution in [-0.4, -0.2) is 27.8 Å². The maximum atomic E-state index is 14.1. The molecule has 0 heterocycles. The van der Waals surface area contributed by atoms with E-state index in [4.69, 9.17) is 18.9 Å². The first-order valence-corrected chi connectivity index (χ1v) is 6.38. The van der Waals surface area contributed by atoms with Gasteiger partial charge >= 0.3 is 0 Å². The summed E-state index contributed by atoms with van der Waals surface area (Å²) in [5.41, 5.74) is 1.03. The van der Waals surface area contributed by atoms with Crippen LogP contribution in [0, 0.1) is 5.82 Å². The molecule has 2 aromatic carbocycles. The summed E-state index contributed by atoms with van der Waals surface area (Å²) in [5.74, 6) is 0.713. The van der Waals surface area contributed by atoms with E-state index in [-0.39, 0.29) is 19.4 Å². The average molecular weight is 292 g/mol. The molecule has 0 aromatic heterocycles. The van der Waals surface area contributed by atoms with Gasteiger partial charge in [0.1, 0.15) is 17.3 Å². The Morgan fingerprint density at radius 1 is 0.857 bits per heavy atom. The summed E-state index contributed by atoms with van der Waals surface area (Å²) in [6, 6.07) is 11.7. The number of methoxy groups -OCH3 is 2. The first-order valence-electron chi connectivity index (χ1n) is 6.38. The molecule has 0 aliphatic rings. The lowest BCUT2D eigenvalue weighted by Gasteiger charge is -2.13. The third-order valence-electron chi connectivity index (χ3n) is 2.79. The Hall–Kier alpha value is -2.11. The Labute approximate surface area is 123 Å². The van der Waals surface area contributed by atoms with E-state index in [0.717, 1.165) is 0 Å². The summed E-state index contributed by atoms with van der Waals surface area (Å²) in [4.78, 5) is 0. The van der Waals surface area contributed by atoms with E-state index in [2.05, 4.69) is 0 Å². The fraction of sp³-hybridized carbons (Fsp3) is 0.250. The second-order valence-electron chi connectivity index (χ2n) is 4.24. The van der Waals surface area contributed by atoms with Gasteiger partial charge in [-0.25, -0.2) is 4.39 Å². The highest BCUT2D eigenvalue weighted by atomic mass is 19.1. The normalized spacial score (nSPS) is 10.4. The zero-order valence-corrected chi connectivity index (χ0v) is 12.0. The summed E-state index contributed by atoms with van der Waals surface area (Å²) in [5, 5.41) is 0. The van der Waals surface area contributed by atoms with Crippen LogP contribution in [-0.2, 0) is 9.47 Å². The Bertz CT molecular complexity index is 586. The molecule has 0 saturated carbocycles. The van der Waals surface area contributed by atoms with E-state index in [0.29, 0.717) is 22.6 Å². The van der Waals surface area contributed by atoms with Gasteiger partial charge in [0.05, 0.1) is 0 Å². The van der Waals surface area contributed by atoms with Crippen LogP contribution >= 0.6 is 0 Å². The van der Waals surface area contributed by atoms with E-state index in [1.807, 2.05) is 12.1 Å². The number of hydrogen-bond acceptors (Lipinski definition) is 4. The van der Waals surface area contributed by atoms with Gasteiger partial charge < -0.3 is 18.9 Å². The highest BCUT2D eigenvalue weighted by molar-refractivity contribution is 5.72. The van der Waals surface area contributed by atoms with Crippen molar-refractivity contribution in [2.45, 2.75) is 0 Å². The topological polar surface area (TPSA) is 36.9 Å². The second-order valence-corrected chi connectivity index (χ2v) is 4.24. The molecule has 0 radical (unpaired) electrons. The summed E-state index contributed by atoms with van der Waals surface area (Å²) < 4.78 is 34.6. The van der Waals surface area contributed by atoms with Gasteiger partial charge in [-0.1, -0.05) is 18.2 Å². The van der Waals surface area contributed by atoms with Crippen molar-refractivity contribution < 1.29 is 23.3 Å². The van der Waals surface area contributed by atoms with Gasteiger partial charge in [-0.05, 0) is 24.3 Å². The van der Waals surface area contributed by atoms with Crippen LogP contribution in [0.2, 0.25) is 0 Å². The first-order chi connectivity index (χ1) is 10.3. The van der Waals surface area contributed by atoms with Gasteiger partial charge in [-0.2, -0.15) is 0 Å². The zero-order valence-electron chi connectivity index (χ0n) is 12.0. The zero-order chi connectivity index (χ0) is 15.1. The molecule has 21 heavy (non-hydrogen) atoms. The van der Waals surface area contributed by atoms with Crippen molar-refractivity contribution in [2.24, 2.45) is 0 Å². The van der Waals surface area contributed by atoms with Crippen molar-refractivity contribution >= 4 is 0 Å². The monoisotopic (exact) mass is 292 g/mol. The Morgan fingerprint density at radius 3 is 2.33 bits per heavy atom. The lowest BCUT2D eigenvalue weighted by atomic mass is 10.0. The highest BCUT2D eigenvalue weighted by Crippen LogP contribution is 2.34. The minimum atomic E-state index is -0.353. The molecule has 0 bridgehead atoms. The Kier molecular flexibility index (Phi) is 5.54. The predicted octanol–water partition coefficient (Wildman–Crippen LogP) is 3.46. The SMILES string of the molecule is COCOc1ccc(F)c(-c2ccccc2OCOC)c1. The van der Waals surface area contributed by atoms with Crippen LogP contribution in [0.25, 0.3) is 11.1 Å². The number of halogens is 1. The molecule has 0 saturated heterocycles. The van der Waals surface area contributed by atoms with Gasteiger partial charge in [0.15, 0.2) is 13.6 Å². The molecular formula is C16H17FO4. The number of ether oxygens (including phenoxy) is 4. The van der Waals surface area contributed by atoms with E-state index < -0.39 is 0 Å². The standard InChI is InChI=1S/C16H17FO4/c1-18-10-20-12-7-8-15(17)14(9-12)13-5-3-4-6-16(13)21-11-19-2/h3-9H,10-11H2,1-2H3. The third kappa shape index (κ3) is 3.93. The minimum absolute atomic E-state index is 0.0957. The lowest BCUT2D eigenvalue weighted by molar-refractivity contribution is 0.0510. The van der Waals surface area contributed by atoms with Crippen molar-refractivity contribution in [1.82, 2.24) is 0 Å². The smallest absolute Gasteiger partial charge is 0.188 e. The predicted molar refractivity (Wildman–Crippen MR) is 76.8 cm³/mol. The largest absolute Gasteiger partial charge is 0.468 e. The fourth-order valence-corrected chi connectivity index (χ4v) is 1.86. The van der Waals surface area contributed by atoms with Crippen LogP contribution in [0.3, 0.4) is 0 Å². The van der Waals surface area contributed by atoms with Crippen LogP contribution < -0.4 is 9.47 Å². The van der Waals surface area contributed by atoms with Crippen molar-refractivity contribution in [2.75, 3.05) is 27.8 Å².